The molecule has 0 aliphatic heterocycles. The highest BCUT2D eigenvalue weighted by Gasteiger charge is 2.15. The molecule has 146 valence electrons. The van der Waals surface area contributed by atoms with Crippen LogP contribution in [0, 0.1) is 0 Å². The van der Waals surface area contributed by atoms with E-state index in [1.165, 1.54) is 28.8 Å². The lowest BCUT2D eigenvalue weighted by atomic mass is 10.1. The fourth-order valence-corrected chi connectivity index (χ4v) is 3.94. The summed E-state index contributed by atoms with van der Waals surface area (Å²) in [5.74, 6) is -0.275. The summed E-state index contributed by atoms with van der Waals surface area (Å²) in [5, 5.41) is 8.31. The molecule has 4 aromatic rings. The lowest BCUT2D eigenvalue weighted by molar-refractivity contribution is 0.0953. The summed E-state index contributed by atoms with van der Waals surface area (Å²) in [6, 6.07) is 18.4. The predicted octanol–water partition coefficient (Wildman–Crippen LogP) is 3.20. The van der Waals surface area contributed by atoms with Crippen LogP contribution < -0.4 is 16.2 Å². The number of nitrogens with zero attached hydrogens (tertiary/aromatic N) is 1. The molecule has 3 N–H and O–H groups in total. The highest BCUT2D eigenvalue weighted by molar-refractivity contribution is 7.17. The lowest BCUT2D eigenvalue weighted by Gasteiger charge is -2.08. The van der Waals surface area contributed by atoms with Gasteiger partial charge in [-0.15, -0.1) is 11.3 Å². The first-order chi connectivity index (χ1) is 14.2. The Morgan fingerprint density at radius 1 is 0.931 bits per heavy atom. The van der Waals surface area contributed by atoms with Crippen molar-refractivity contribution in [1.29, 1.82) is 0 Å². The first-order valence-corrected chi connectivity index (χ1v) is 10.1. The van der Waals surface area contributed by atoms with E-state index in [9.17, 15) is 9.59 Å². The Bertz CT molecular complexity index is 1170. The molecular formula is C22H20N4O2S. The normalized spacial score (nSPS) is 10.9. The molecule has 0 saturated heterocycles. The van der Waals surface area contributed by atoms with Gasteiger partial charge in [-0.2, -0.15) is 0 Å². The van der Waals surface area contributed by atoms with Crippen LogP contribution in [0.4, 0.5) is 0 Å². The van der Waals surface area contributed by atoms with E-state index in [2.05, 4.69) is 32.7 Å². The molecule has 0 bridgehead atoms. The van der Waals surface area contributed by atoms with Crippen LogP contribution in [-0.4, -0.2) is 15.9 Å². The molecule has 2 aromatic heterocycles. The first kappa shape index (κ1) is 19.0. The number of thiophene rings is 1. The molecule has 0 fully saturated rings. The van der Waals surface area contributed by atoms with Crippen molar-refractivity contribution in [2.45, 2.75) is 19.6 Å². The van der Waals surface area contributed by atoms with Gasteiger partial charge < -0.3 is 15.6 Å². The molecule has 0 aliphatic rings. The zero-order chi connectivity index (χ0) is 20.1. The van der Waals surface area contributed by atoms with E-state index in [1.807, 2.05) is 42.5 Å². The second kappa shape index (κ2) is 8.81. The van der Waals surface area contributed by atoms with Gasteiger partial charge in [0.25, 0.3) is 11.5 Å². The Kier molecular flexibility index (Phi) is 5.79. The Balaban J connectivity index is 1.32. The van der Waals surface area contributed by atoms with E-state index in [4.69, 9.17) is 0 Å². The standard InChI is InChI=1S/C22H20N4O2S/c27-20(18-13-29-22-19(18)21(28)25-14-26-22)24-12-17-8-6-16(7-9-17)11-23-10-15-4-2-1-3-5-15/h1-9,13-14,23H,10-12H2,(H,24,27)(H,25,26,28). The summed E-state index contributed by atoms with van der Waals surface area (Å²) in [5.41, 5.74) is 3.49. The van der Waals surface area contributed by atoms with Gasteiger partial charge in [-0.05, 0) is 16.7 Å². The van der Waals surface area contributed by atoms with Gasteiger partial charge in [-0.25, -0.2) is 4.98 Å². The van der Waals surface area contributed by atoms with E-state index in [0.717, 1.165) is 18.7 Å². The maximum Gasteiger partial charge on any atom is 0.260 e. The Hall–Kier alpha value is -3.29. The molecular weight excluding hydrogens is 384 g/mol. The zero-order valence-corrected chi connectivity index (χ0v) is 16.5. The van der Waals surface area contributed by atoms with Gasteiger partial charge in [0.05, 0.1) is 17.3 Å². The highest BCUT2D eigenvalue weighted by Crippen LogP contribution is 2.20. The Morgan fingerprint density at radius 2 is 1.59 bits per heavy atom. The van der Waals surface area contributed by atoms with E-state index >= 15 is 0 Å². The van der Waals surface area contributed by atoms with Crippen molar-refractivity contribution >= 4 is 27.5 Å². The SMILES string of the molecule is O=C(NCc1ccc(CNCc2ccccc2)cc1)c1csc2nc[nH]c(=O)c12. The molecule has 7 heteroatoms. The molecule has 0 radical (unpaired) electrons. The van der Waals surface area contributed by atoms with Gasteiger partial charge >= 0.3 is 0 Å². The number of carbonyl (C=O) groups is 1. The smallest absolute Gasteiger partial charge is 0.260 e. The Morgan fingerprint density at radius 3 is 2.31 bits per heavy atom. The number of nitrogens with one attached hydrogen (secondary N) is 3. The number of aromatic nitrogens is 2. The first-order valence-electron chi connectivity index (χ1n) is 9.26. The lowest BCUT2D eigenvalue weighted by Crippen LogP contribution is -2.24. The van der Waals surface area contributed by atoms with Crippen LogP contribution in [0.5, 0.6) is 0 Å². The molecule has 2 heterocycles. The fraction of sp³-hybridized carbons (Fsp3) is 0.136. The molecule has 29 heavy (non-hydrogen) atoms. The van der Waals surface area contributed by atoms with Crippen molar-refractivity contribution in [3.8, 4) is 0 Å². The fourth-order valence-electron chi connectivity index (χ4n) is 3.05. The number of hydrogen-bond acceptors (Lipinski definition) is 5. The van der Waals surface area contributed by atoms with Crippen LogP contribution in [0.3, 0.4) is 0 Å². The van der Waals surface area contributed by atoms with Crippen LogP contribution in [0.15, 0.2) is 71.1 Å². The molecule has 0 spiro atoms. The summed E-state index contributed by atoms with van der Waals surface area (Å²) < 4.78 is 0. The minimum atomic E-state index is -0.297. The summed E-state index contributed by atoms with van der Waals surface area (Å²) in [6.07, 6.45) is 1.35. The third kappa shape index (κ3) is 4.59. The van der Waals surface area contributed by atoms with Crippen LogP contribution in [-0.2, 0) is 19.6 Å². The van der Waals surface area contributed by atoms with E-state index in [0.29, 0.717) is 22.3 Å². The number of hydrogen-bond donors (Lipinski definition) is 3. The van der Waals surface area contributed by atoms with Gasteiger partial charge in [0, 0.05) is 25.0 Å². The maximum absolute atomic E-state index is 12.5. The molecule has 1 amide bonds. The largest absolute Gasteiger partial charge is 0.348 e. The van der Waals surface area contributed by atoms with Crippen molar-refractivity contribution in [1.82, 2.24) is 20.6 Å². The second-order valence-electron chi connectivity index (χ2n) is 6.65. The molecule has 0 saturated carbocycles. The predicted molar refractivity (Wildman–Crippen MR) is 115 cm³/mol. The Labute approximate surface area is 171 Å². The molecule has 2 aromatic carbocycles. The number of amides is 1. The molecule has 6 nitrogen and oxygen atoms in total. The molecule has 0 aliphatic carbocycles. The minimum Gasteiger partial charge on any atom is -0.348 e. The summed E-state index contributed by atoms with van der Waals surface area (Å²) in [6.45, 7) is 1.99. The maximum atomic E-state index is 12.5. The van der Waals surface area contributed by atoms with Gasteiger partial charge in [-0.1, -0.05) is 54.6 Å². The monoisotopic (exact) mass is 404 g/mol. The van der Waals surface area contributed by atoms with Gasteiger partial charge in [0.2, 0.25) is 0 Å². The van der Waals surface area contributed by atoms with Crippen LogP contribution >= 0.6 is 11.3 Å². The van der Waals surface area contributed by atoms with Gasteiger partial charge in [0.1, 0.15) is 4.83 Å². The molecule has 0 unspecified atom stereocenters. The van der Waals surface area contributed by atoms with Crippen molar-refractivity contribution in [3.63, 3.8) is 0 Å². The zero-order valence-electron chi connectivity index (χ0n) is 15.6. The third-order valence-electron chi connectivity index (χ3n) is 4.60. The number of carbonyl (C=O) groups excluding carboxylic acids is 1. The highest BCUT2D eigenvalue weighted by atomic mass is 32.1. The molecule has 4 rings (SSSR count). The van der Waals surface area contributed by atoms with Crippen molar-refractivity contribution in [2.24, 2.45) is 0 Å². The summed E-state index contributed by atoms with van der Waals surface area (Å²) in [4.78, 5) is 31.6. The van der Waals surface area contributed by atoms with Crippen LogP contribution in [0.1, 0.15) is 27.0 Å². The van der Waals surface area contributed by atoms with E-state index < -0.39 is 0 Å². The van der Waals surface area contributed by atoms with Crippen LogP contribution in [0.2, 0.25) is 0 Å². The van der Waals surface area contributed by atoms with E-state index in [1.54, 1.807) is 5.38 Å². The minimum absolute atomic E-state index is 0.275. The average molecular weight is 404 g/mol. The average Bonchev–Trinajstić information content (AvgIpc) is 3.19. The third-order valence-corrected chi connectivity index (χ3v) is 5.48. The summed E-state index contributed by atoms with van der Waals surface area (Å²) in [7, 11) is 0. The topological polar surface area (TPSA) is 86.9 Å². The number of aromatic amines is 1. The van der Waals surface area contributed by atoms with Gasteiger partial charge in [0.15, 0.2) is 0 Å². The molecule has 0 atom stereocenters. The summed E-state index contributed by atoms with van der Waals surface area (Å²) >= 11 is 1.29. The van der Waals surface area contributed by atoms with Crippen molar-refractivity contribution in [3.05, 3.63) is 98.9 Å². The quantitative estimate of drug-likeness (QED) is 0.441. The second-order valence-corrected chi connectivity index (χ2v) is 7.51. The number of rotatable bonds is 7. The van der Waals surface area contributed by atoms with Crippen molar-refractivity contribution < 1.29 is 4.79 Å². The van der Waals surface area contributed by atoms with Crippen molar-refractivity contribution in [2.75, 3.05) is 0 Å². The number of fused-ring (bicyclic) bond motifs is 1. The van der Waals surface area contributed by atoms with Crippen LogP contribution in [0.25, 0.3) is 10.2 Å². The van der Waals surface area contributed by atoms with E-state index in [-0.39, 0.29) is 11.5 Å². The van der Waals surface area contributed by atoms with Gasteiger partial charge in [-0.3, -0.25) is 9.59 Å². The number of benzene rings is 2. The number of H-pyrrole nitrogens is 1.